The summed E-state index contributed by atoms with van der Waals surface area (Å²) in [4.78, 5) is 24.9. The molecule has 0 saturated carbocycles. The molecule has 3 atom stereocenters. The molecule has 0 spiro atoms. The van der Waals surface area contributed by atoms with Gasteiger partial charge in [0.05, 0.1) is 24.0 Å². The van der Waals surface area contributed by atoms with Gasteiger partial charge in [-0.15, -0.1) is 0 Å². The lowest BCUT2D eigenvalue weighted by molar-refractivity contribution is -0.103. The monoisotopic (exact) mass is 516 g/mol. The van der Waals surface area contributed by atoms with Gasteiger partial charge in [0.25, 0.3) is 0 Å². The zero-order valence-electron chi connectivity index (χ0n) is 21.4. The number of hydrogen-bond acceptors (Lipinski definition) is 7. The Morgan fingerprint density at radius 2 is 1.97 bits per heavy atom. The van der Waals surface area contributed by atoms with Gasteiger partial charge in [0, 0.05) is 44.2 Å². The van der Waals surface area contributed by atoms with Gasteiger partial charge in [-0.3, -0.25) is 9.80 Å². The maximum Gasteiger partial charge on any atom is 0.408 e. The highest BCUT2D eigenvalue weighted by Crippen LogP contribution is 2.40. The molecule has 1 N–H and O–H groups in total. The summed E-state index contributed by atoms with van der Waals surface area (Å²) in [6.45, 7) is 8.39. The highest BCUT2D eigenvalue weighted by Gasteiger charge is 2.46. The number of fused-ring (bicyclic) bond motifs is 1. The number of amides is 1. The van der Waals surface area contributed by atoms with Crippen LogP contribution < -0.4 is 0 Å². The Kier molecular flexibility index (Phi) is 6.27. The van der Waals surface area contributed by atoms with E-state index in [9.17, 15) is 18.7 Å². The molecule has 1 fully saturated rings. The van der Waals surface area contributed by atoms with Crippen molar-refractivity contribution in [3.8, 4) is 11.6 Å². The van der Waals surface area contributed by atoms with Crippen molar-refractivity contribution in [1.82, 2.24) is 29.5 Å². The van der Waals surface area contributed by atoms with Gasteiger partial charge in [-0.1, -0.05) is 5.16 Å². The molecule has 0 unspecified atom stereocenters. The van der Waals surface area contributed by atoms with Crippen molar-refractivity contribution in [2.24, 2.45) is 7.05 Å². The van der Waals surface area contributed by atoms with E-state index in [1.165, 1.54) is 4.90 Å². The summed E-state index contributed by atoms with van der Waals surface area (Å²) >= 11 is 0. The van der Waals surface area contributed by atoms with Crippen LogP contribution in [0.4, 0.5) is 13.6 Å². The summed E-state index contributed by atoms with van der Waals surface area (Å²) in [5.41, 5.74) is 1.10. The van der Waals surface area contributed by atoms with Crippen LogP contribution in [-0.4, -0.2) is 64.9 Å². The molecule has 1 amide bonds. The first-order valence-electron chi connectivity index (χ1n) is 12.1. The standard InChI is InChI=1S/C25H30F2N6O4/c1-13-28-22(30-37-13)23-29-18-10-32(11-20(18)31(23)5)15-9-19(33(24(34)35)25(2,3)4)21(36-12-15)16-8-14(26)6-7-17(16)27/h6-8,15,19,21H,9-12H2,1-5H3,(H,34,35)/t15-,19+,21-/m1/s1. The van der Waals surface area contributed by atoms with Crippen molar-refractivity contribution in [2.45, 2.75) is 70.9 Å². The zero-order valence-corrected chi connectivity index (χ0v) is 21.4. The van der Waals surface area contributed by atoms with Crippen molar-refractivity contribution in [2.75, 3.05) is 6.61 Å². The number of ether oxygens (including phenoxy) is 1. The van der Waals surface area contributed by atoms with Crippen molar-refractivity contribution in [3.05, 3.63) is 52.7 Å². The van der Waals surface area contributed by atoms with Crippen molar-refractivity contribution in [3.63, 3.8) is 0 Å². The summed E-state index contributed by atoms with van der Waals surface area (Å²) in [5.74, 6) is 0.259. The normalized spacial score (nSPS) is 22.3. The number of aryl methyl sites for hydroxylation is 1. The van der Waals surface area contributed by atoms with E-state index in [2.05, 4.69) is 15.0 Å². The van der Waals surface area contributed by atoms with Gasteiger partial charge in [-0.2, -0.15) is 4.98 Å². The van der Waals surface area contributed by atoms with Gasteiger partial charge < -0.3 is 18.9 Å². The summed E-state index contributed by atoms with van der Waals surface area (Å²) in [7, 11) is 1.89. The van der Waals surface area contributed by atoms with Crippen LogP contribution in [0, 0.1) is 18.6 Å². The van der Waals surface area contributed by atoms with Crippen LogP contribution in [0.1, 0.15) is 56.1 Å². The first-order valence-corrected chi connectivity index (χ1v) is 12.1. The van der Waals surface area contributed by atoms with Crippen LogP contribution >= 0.6 is 0 Å². The van der Waals surface area contributed by atoms with Gasteiger partial charge in [0.15, 0.2) is 5.82 Å². The fourth-order valence-electron chi connectivity index (χ4n) is 5.45. The lowest BCUT2D eigenvalue weighted by Crippen LogP contribution is -2.58. The predicted molar refractivity (Wildman–Crippen MR) is 127 cm³/mol. The second-order valence-corrected chi connectivity index (χ2v) is 10.6. The third-order valence-electron chi connectivity index (χ3n) is 7.10. The quantitative estimate of drug-likeness (QED) is 0.553. The Balaban J connectivity index is 1.42. The minimum absolute atomic E-state index is 0.0189. The Morgan fingerprint density at radius 1 is 1.22 bits per heavy atom. The average Bonchev–Trinajstić information content (AvgIpc) is 3.50. The van der Waals surface area contributed by atoms with Crippen LogP contribution in [0.25, 0.3) is 11.6 Å². The Labute approximate surface area is 212 Å². The van der Waals surface area contributed by atoms with Gasteiger partial charge in [-0.25, -0.2) is 18.6 Å². The number of halogens is 2. The number of carbonyl (C=O) groups is 1. The summed E-state index contributed by atoms with van der Waals surface area (Å²) in [6, 6.07) is 2.28. The van der Waals surface area contributed by atoms with E-state index in [1.807, 2.05) is 11.6 Å². The van der Waals surface area contributed by atoms with E-state index < -0.39 is 35.4 Å². The third-order valence-corrected chi connectivity index (χ3v) is 7.10. The average molecular weight is 517 g/mol. The largest absolute Gasteiger partial charge is 0.465 e. The molecule has 0 bridgehead atoms. The van der Waals surface area contributed by atoms with E-state index in [0.29, 0.717) is 37.0 Å². The molecule has 12 heteroatoms. The topological polar surface area (TPSA) is 110 Å². The molecule has 198 valence electrons. The van der Waals surface area contributed by atoms with E-state index in [1.54, 1.807) is 27.7 Å². The molecule has 2 aromatic heterocycles. The van der Waals surface area contributed by atoms with E-state index in [0.717, 1.165) is 29.6 Å². The lowest BCUT2D eigenvalue weighted by Gasteiger charge is -2.48. The van der Waals surface area contributed by atoms with Gasteiger partial charge in [0.1, 0.15) is 17.7 Å². The van der Waals surface area contributed by atoms with E-state index >= 15 is 0 Å². The third kappa shape index (κ3) is 4.59. The Hall–Kier alpha value is -3.38. The number of benzene rings is 1. The Bertz CT molecular complexity index is 1330. The second-order valence-electron chi connectivity index (χ2n) is 10.6. The number of nitrogens with zero attached hydrogens (tertiary/aromatic N) is 6. The Morgan fingerprint density at radius 3 is 2.59 bits per heavy atom. The maximum atomic E-state index is 14.8. The van der Waals surface area contributed by atoms with E-state index in [-0.39, 0.29) is 18.2 Å². The van der Waals surface area contributed by atoms with E-state index in [4.69, 9.17) is 14.2 Å². The minimum Gasteiger partial charge on any atom is -0.465 e. The molecular formula is C25H30F2N6O4. The fraction of sp³-hybridized carbons (Fsp3) is 0.520. The first-order chi connectivity index (χ1) is 17.4. The number of rotatable bonds is 4. The molecule has 2 aliphatic heterocycles. The SMILES string of the molecule is Cc1nc(-c2nc3c(n2C)CN([C@H]2CO[C@H](c4cc(F)ccc4F)[C@@H](N(C(=O)O)C(C)(C)C)C2)C3)no1. The molecule has 2 aliphatic rings. The highest BCUT2D eigenvalue weighted by molar-refractivity contribution is 5.66. The van der Waals surface area contributed by atoms with Crippen LogP contribution in [0.15, 0.2) is 22.7 Å². The van der Waals surface area contributed by atoms with Crippen molar-refractivity contribution < 1.29 is 27.9 Å². The highest BCUT2D eigenvalue weighted by atomic mass is 19.1. The van der Waals surface area contributed by atoms with Gasteiger partial charge in [0.2, 0.25) is 11.7 Å². The predicted octanol–water partition coefficient (Wildman–Crippen LogP) is 4.05. The lowest BCUT2D eigenvalue weighted by atomic mass is 9.88. The number of carboxylic acid groups (broad SMARTS) is 1. The van der Waals surface area contributed by atoms with Gasteiger partial charge >= 0.3 is 6.09 Å². The van der Waals surface area contributed by atoms with Crippen LogP contribution in [0.2, 0.25) is 0 Å². The molecule has 37 heavy (non-hydrogen) atoms. The molecular weight excluding hydrogens is 486 g/mol. The molecule has 0 radical (unpaired) electrons. The molecule has 4 heterocycles. The van der Waals surface area contributed by atoms with Crippen molar-refractivity contribution in [1.29, 1.82) is 0 Å². The number of hydrogen-bond donors (Lipinski definition) is 1. The molecule has 1 saturated heterocycles. The summed E-state index contributed by atoms with van der Waals surface area (Å²) < 4.78 is 42.0. The van der Waals surface area contributed by atoms with Crippen LogP contribution in [-0.2, 0) is 24.9 Å². The zero-order chi connectivity index (χ0) is 26.6. The van der Waals surface area contributed by atoms with Crippen molar-refractivity contribution >= 4 is 6.09 Å². The second kappa shape index (κ2) is 9.18. The maximum absolute atomic E-state index is 14.8. The first kappa shape index (κ1) is 25.3. The smallest absolute Gasteiger partial charge is 0.408 e. The van der Waals surface area contributed by atoms with Crippen LogP contribution in [0.5, 0.6) is 0 Å². The fourth-order valence-corrected chi connectivity index (χ4v) is 5.45. The van der Waals surface area contributed by atoms with Gasteiger partial charge in [-0.05, 0) is 45.4 Å². The molecule has 0 aliphatic carbocycles. The molecule has 3 aromatic rings. The summed E-state index contributed by atoms with van der Waals surface area (Å²) in [5, 5.41) is 14.1. The van der Waals surface area contributed by atoms with Crippen LogP contribution in [0.3, 0.4) is 0 Å². The minimum atomic E-state index is -1.14. The molecule has 10 nitrogen and oxygen atoms in total. The molecule has 1 aromatic carbocycles. The summed E-state index contributed by atoms with van der Waals surface area (Å²) in [6.07, 6.45) is -1.71. The number of aromatic nitrogens is 4. The number of imidazole rings is 1. The molecule has 5 rings (SSSR count).